The van der Waals surface area contributed by atoms with Crippen LogP contribution in [-0.4, -0.2) is 19.2 Å². The summed E-state index contributed by atoms with van der Waals surface area (Å²) in [4.78, 5) is 3.66. The van der Waals surface area contributed by atoms with Crippen LogP contribution in [0.4, 0.5) is 5.69 Å². The number of rotatable bonds is 3. The number of nitrogens with two attached hydrogens (primary N) is 1. The van der Waals surface area contributed by atoms with E-state index in [2.05, 4.69) is 23.2 Å². The molecule has 3 aromatic carbocycles. The van der Waals surface area contributed by atoms with Gasteiger partial charge in [0.2, 0.25) is 0 Å². The van der Waals surface area contributed by atoms with Crippen LogP contribution in [0.3, 0.4) is 0 Å². The predicted octanol–water partition coefficient (Wildman–Crippen LogP) is 5.47. The van der Waals surface area contributed by atoms with Gasteiger partial charge in [-0.2, -0.15) is 0 Å². The number of H-pyrrole nitrogens is 1. The number of ether oxygens (including phenoxy) is 2. The van der Waals surface area contributed by atoms with E-state index in [1.165, 1.54) is 34.7 Å². The van der Waals surface area contributed by atoms with Crippen LogP contribution < -0.4 is 15.2 Å². The summed E-state index contributed by atoms with van der Waals surface area (Å²) in [7, 11) is 3.40. The molecule has 5 rings (SSSR count). The normalized spacial score (nSPS) is 13.6. The molecule has 1 aliphatic rings. The lowest BCUT2D eigenvalue weighted by molar-refractivity contribution is 0.415. The molecule has 0 saturated carbocycles. The van der Waals surface area contributed by atoms with Crippen LogP contribution in [0.25, 0.3) is 32.9 Å². The number of fused-ring (bicyclic) bond motifs is 5. The third kappa shape index (κ3) is 2.52. The molecule has 0 amide bonds. The number of nitrogen functional groups attached to an aromatic ring is 1. The SMILES string of the molecule is COc1ccc(N)c(-c2cc3c(c4c2[nH]c2ccc(OC)cc24)CCCC3)c1. The molecule has 0 radical (unpaired) electrons. The summed E-state index contributed by atoms with van der Waals surface area (Å²) in [6.07, 6.45) is 4.69. The Labute approximate surface area is 164 Å². The molecule has 0 bridgehead atoms. The molecular formula is C24H24N2O2. The molecule has 0 fully saturated rings. The number of methoxy groups -OCH3 is 2. The quantitative estimate of drug-likeness (QED) is 0.469. The third-order valence-corrected chi connectivity index (χ3v) is 5.96. The fourth-order valence-corrected chi connectivity index (χ4v) is 4.54. The van der Waals surface area contributed by atoms with Gasteiger partial charge in [-0.15, -0.1) is 0 Å². The van der Waals surface area contributed by atoms with E-state index in [1.807, 2.05) is 24.3 Å². The molecule has 1 heterocycles. The first-order valence-corrected chi connectivity index (χ1v) is 9.77. The van der Waals surface area contributed by atoms with E-state index in [0.717, 1.165) is 52.2 Å². The summed E-state index contributed by atoms with van der Waals surface area (Å²) in [5.74, 6) is 1.69. The van der Waals surface area contributed by atoms with Crippen LogP contribution in [0.1, 0.15) is 24.0 Å². The van der Waals surface area contributed by atoms with Crippen molar-refractivity contribution in [1.82, 2.24) is 4.98 Å². The van der Waals surface area contributed by atoms with E-state index in [9.17, 15) is 0 Å². The van der Waals surface area contributed by atoms with Crippen molar-refractivity contribution in [3.63, 3.8) is 0 Å². The number of aryl methyl sites for hydroxylation is 2. The summed E-state index contributed by atoms with van der Waals surface area (Å²) in [5, 5.41) is 2.53. The number of aromatic amines is 1. The highest BCUT2D eigenvalue weighted by molar-refractivity contribution is 6.15. The van der Waals surface area contributed by atoms with Crippen LogP contribution in [-0.2, 0) is 12.8 Å². The Morgan fingerprint density at radius 1 is 0.857 bits per heavy atom. The highest BCUT2D eigenvalue weighted by atomic mass is 16.5. The molecule has 0 unspecified atom stereocenters. The van der Waals surface area contributed by atoms with Crippen molar-refractivity contribution in [2.75, 3.05) is 20.0 Å². The lowest BCUT2D eigenvalue weighted by Gasteiger charge is -2.20. The van der Waals surface area contributed by atoms with Crippen molar-refractivity contribution >= 4 is 27.5 Å². The summed E-state index contributed by atoms with van der Waals surface area (Å²) in [6.45, 7) is 0. The van der Waals surface area contributed by atoms with Crippen LogP contribution in [0.2, 0.25) is 0 Å². The molecule has 28 heavy (non-hydrogen) atoms. The average Bonchev–Trinajstić information content (AvgIpc) is 3.12. The number of nitrogens with one attached hydrogen (secondary N) is 1. The minimum Gasteiger partial charge on any atom is -0.497 e. The lowest BCUT2D eigenvalue weighted by atomic mass is 9.85. The Balaban J connectivity index is 1.90. The zero-order valence-corrected chi connectivity index (χ0v) is 16.3. The minimum atomic E-state index is 0.758. The summed E-state index contributed by atoms with van der Waals surface area (Å²) in [5.41, 5.74) is 14.5. The van der Waals surface area contributed by atoms with E-state index in [1.54, 1.807) is 14.2 Å². The average molecular weight is 372 g/mol. The topological polar surface area (TPSA) is 60.3 Å². The molecule has 4 heteroatoms. The number of hydrogen-bond donors (Lipinski definition) is 2. The monoisotopic (exact) mass is 372 g/mol. The number of hydrogen-bond acceptors (Lipinski definition) is 3. The van der Waals surface area contributed by atoms with Gasteiger partial charge in [-0.1, -0.05) is 0 Å². The van der Waals surface area contributed by atoms with Crippen LogP contribution >= 0.6 is 0 Å². The molecule has 142 valence electrons. The van der Waals surface area contributed by atoms with E-state index in [-0.39, 0.29) is 0 Å². The molecular weight excluding hydrogens is 348 g/mol. The van der Waals surface area contributed by atoms with Crippen molar-refractivity contribution < 1.29 is 9.47 Å². The zero-order valence-electron chi connectivity index (χ0n) is 16.3. The van der Waals surface area contributed by atoms with Gasteiger partial charge in [0.1, 0.15) is 11.5 Å². The number of anilines is 1. The van der Waals surface area contributed by atoms with Crippen LogP contribution in [0.5, 0.6) is 11.5 Å². The van der Waals surface area contributed by atoms with E-state index >= 15 is 0 Å². The van der Waals surface area contributed by atoms with Gasteiger partial charge in [-0.25, -0.2) is 0 Å². The second-order valence-electron chi connectivity index (χ2n) is 7.51. The van der Waals surface area contributed by atoms with Crippen molar-refractivity contribution in [3.05, 3.63) is 53.6 Å². The fraction of sp³-hybridized carbons (Fsp3) is 0.250. The lowest BCUT2D eigenvalue weighted by Crippen LogP contribution is -2.04. The first-order valence-electron chi connectivity index (χ1n) is 9.77. The van der Waals surface area contributed by atoms with E-state index < -0.39 is 0 Å². The Morgan fingerprint density at radius 2 is 1.61 bits per heavy atom. The number of aromatic nitrogens is 1. The summed E-state index contributed by atoms with van der Waals surface area (Å²) < 4.78 is 11.0. The van der Waals surface area contributed by atoms with Gasteiger partial charge >= 0.3 is 0 Å². The molecule has 0 spiro atoms. The second kappa shape index (κ2) is 6.48. The highest BCUT2D eigenvalue weighted by Crippen LogP contribution is 2.42. The van der Waals surface area contributed by atoms with Gasteiger partial charge in [-0.3, -0.25) is 0 Å². The molecule has 4 nitrogen and oxygen atoms in total. The molecule has 0 saturated heterocycles. The number of benzene rings is 3. The van der Waals surface area contributed by atoms with Crippen molar-refractivity contribution in [1.29, 1.82) is 0 Å². The maximum absolute atomic E-state index is 6.39. The second-order valence-corrected chi connectivity index (χ2v) is 7.51. The maximum atomic E-state index is 6.39. The predicted molar refractivity (Wildman–Crippen MR) is 115 cm³/mol. The first kappa shape index (κ1) is 17.0. The van der Waals surface area contributed by atoms with Crippen LogP contribution in [0, 0.1) is 0 Å². The van der Waals surface area contributed by atoms with E-state index in [0.29, 0.717) is 0 Å². The Hall–Kier alpha value is -3.14. The molecule has 3 N–H and O–H groups in total. The Bertz CT molecular complexity index is 1210. The molecule has 0 aliphatic heterocycles. The van der Waals surface area contributed by atoms with Gasteiger partial charge in [0.05, 0.1) is 19.7 Å². The first-order chi connectivity index (χ1) is 13.7. The van der Waals surface area contributed by atoms with Crippen molar-refractivity contribution in [2.45, 2.75) is 25.7 Å². The van der Waals surface area contributed by atoms with Gasteiger partial charge < -0.3 is 20.2 Å². The maximum Gasteiger partial charge on any atom is 0.119 e. The summed E-state index contributed by atoms with van der Waals surface area (Å²) in [6, 6.07) is 14.4. The van der Waals surface area contributed by atoms with Gasteiger partial charge in [0.15, 0.2) is 0 Å². The smallest absolute Gasteiger partial charge is 0.119 e. The fourth-order valence-electron chi connectivity index (χ4n) is 4.54. The third-order valence-electron chi connectivity index (χ3n) is 5.96. The molecule has 4 aromatic rings. The van der Waals surface area contributed by atoms with Crippen molar-refractivity contribution in [3.8, 4) is 22.6 Å². The minimum absolute atomic E-state index is 0.758. The standard InChI is InChI=1S/C24H24N2O2/c1-27-15-7-9-21(25)18(12-15)19-11-14-5-3-4-6-17(14)23-20-13-16(28-2)8-10-22(20)26-24(19)23/h7-13,26H,3-6,25H2,1-2H3. The molecule has 0 atom stereocenters. The Kier molecular flexibility index (Phi) is 3.93. The van der Waals surface area contributed by atoms with Crippen LogP contribution in [0.15, 0.2) is 42.5 Å². The molecule has 1 aliphatic carbocycles. The van der Waals surface area contributed by atoms with Gasteiger partial charge in [-0.05, 0) is 79.3 Å². The summed E-state index contributed by atoms with van der Waals surface area (Å²) >= 11 is 0. The van der Waals surface area contributed by atoms with Gasteiger partial charge in [0, 0.05) is 33.1 Å². The van der Waals surface area contributed by atoms with Gasteiger partial charge in [0.25, 0.3) is 0 Å². The zero-order chi connectivity index (χ0) is 19.3. The molecule has 1 aromatic heterocycles. The Morgan fingerprint density at radius 3 is 2.43 bits per heavy atom. The van der Waals surface area contributed by atoms with E-state index in [4.69, 9.17) is 15.2 Å². The largest absolute Gasteiger partial charge is 0.497 e. The highest BCUT2D eigenvalue weighted by Gasteiger charge is 2.21. The van der Waals surface area contributed by atoms with Crippen molar-refractivity contribution in [2.24, 2.45) is 0 Å².